The van der Waals surface area contributed by atoms with Gasteiger partial charge in [0.1, 0.15) is 0 Å². The van der Waals surface area contributed by atoms with Crippen molar-refractivity contribution in [2.75, 3.05) is 11.9 Å². The Hall–Kier alpha value is -2.61. The van der Waals surface area contributed by atoms with E-state index in [2.05, 4.69) is 77.9 Å². The lowest BCUT2D eigenvalue weighted by Crippen LogP contribution is -2.11. The van der Waals surface area contributed by atoms with Gasteiger partial charge in [-0.1, -0.05) is 48.5 Å². The van der Waals surface area contributed by atoms with Gasteiger partial charge in [0.15, 0.2) is 0 Å². The highest BCUT2D eigenvalue weighted by molar-refractivity contribution is 5.42. The van der Waals surface area contributed by atoms with Gasteiger partial charge in [-0.25, -0.2) is 0 Å². The Kier molecular flexibility index (Phi) is 5.05. The molecule has 0 bridgehead atoms. The van der Waals surface area contributed by atoms with E-state index in [0.717, 1.165) is 24.3 Å². The molecule has 0 fully saturated rings. The fourth-order valence-corrected chi connectivity index (χ4v) is 2.94. The Bertz CT molecular complexity index is 723. The molecule has 0 spiro atoms. The third-order valence-corrected chi connectivity index (χ3v) is 4.14. The van der Waals surface area contributed by atoms with E-state index in [4.69, 9.17) is 0 Å². The molecule has 0 saturated heterocycles. The van der Waals surface area contributed by atoms with E-state index in [1.807, 2.05) is 18.3 Å². The smallest absolute Gasteiger partial charge is 0.0479 e. The van der Waals surface area contributed by atoms with Crippen molar-refractivity contribution in [3.63, 3.8) is 0 Å². The average Bonchev–Trinajstić information content (AvgIpc) is 2.61. The zero-order chi connectivity index (χ0) is 15.9. The number of benzene rings is 2. The zero-order valence-electron chi connectivity index (χ0n) is 13.4. The fraction of sp³-hybridized carbons (Fsp3) is 0.190. The molecule has 0 saturated carbocycles. The van der Waals surface area contributed by atoms with Gasteiger partial charge in [-0.3, -0.25) is 4.98 Å². The predicted octanol–water partition coefficient (Wildman–Crippen LogP) is 5.02. The molecule has 0 unspecified atom stereocenters. The van der Waals surface area contributed by atoms with Gasteiger partial charge < -0.3 is 5.32 Å². The van der Waals surface area contributed by atoms with Gasteiger partial charge in [0.2, 0.25) is 0 Å². The first-order chi connectivity index (χ1) is 11.3. The van der Waals surface area contributed by atoms with Crippen molar-refractivity contribution in [2.24, 2.45) is 0 Å². The van der Waals surface area contributed by atoms with E-state index in [0.29, 0.717) is 5.92 Å². The predicted molar refractivity (Wildman–Crippen MR) is 96.8 cm³/mol. The highest BCUT2D eigenvalue weighted by Crippen LogP contribution is 2.28. The second-order valence-corrected chi connectivity index (χ2v) is 5.75. The molecular weight excluding hydrogens is 280 g/mol. The highest BCUT2D eigenvalue weighted by Gasteiger charge is 2.16. The van der Waals surface area contributed by atoms with Crippen LogP contribution < -0.4 is 5.32 Å². The summed E-state index contributed by atoms with van der Waals surface area (Å²) in [5, 5.41) is 3.51. The van der Waals surface area contributed by atoms with Crippen molar-refractivity contribution in [2.45, 2.75) is 19.3 Å². The van der Waals surface area contributed by atoms with Crippen LogP contribution in [0.25, 0.3) is 0 Å². The highest BCUT2D eigenvalue weighted by atomic mass is 14.9. The Morgan fingerprint density at radius 3 is 2.35 bits per heavy atom. The normalized spacial score (nSPS) is 11.9. The molecule has 0 amide bonds. The second kappa shape index (κ2) is 7.59. The molecule has 0 aliphatic carbocycles. The van der Waals surface area contributed by atoms with Gasteiger partial charge in [0.05, 0.1) is 0 Å². The molecule has 1 aromatic heterocycles. The first-order valence-electron chi connectivity index (χ1n) is 8.10. The summed E-state index contributed by atoms with van der Waals surface area (Å²) in [5.74, 6) is 0.314. The van der Waals surface area contributed by atoms with Gasteiger partial charge in [-0.2, -0.15) is 0 Å². The van der Waals surface area contributed by atoms with Crippen molar-refractivity contribution >= 4 is 5.69 Å². The molecule has 1 N–H and O–H groups in total. The maximum Gasteiger partial charge on any atom is 0.0479 e. The van der Waals surface area contributed by atoms with Crippen LogP contribution in [0.4, 0.5) is 5.69 Å². The molecule has 23 heavy (non-hydrogen) atoms. The van der Waals surface area contributed by atoms with Crippen LogP contribution in [0.15, 0.2) is 79.0 Å². The van der Waals surface area contributed by atoms with Gasteiger partial charge >= 0.3 is 0 Å². The van der Waals surface area contributed by atoms with Crippen molar-refractivity contribution < 1.29 is 0 Å². The SMILES string of the molecule is Cc1ccccc1[C@@H](CCNc1ccccc1)c1ccccn1. The van der Waals surface area contributed by atoms with E-state index in [1.54, 1.807) is 0 Å². The van der Waals surface area contributed by atoms with Crippen molar-refractivity contribution in [3.05, 3.63) is 95.8 Å². The van der Waals surface area contributed by atoms with Crippen LogP contribution in [0.5, 0.6) is 0 Å². The van der Waals surface area contributed by atoms with Crippen LogP contribution in [0, 0.1) is 6.92 Å². The number of anilines is 1. The Morgan fingerprint density at radius 2 is 1.61 bits per heavy atom. The average molecular weight is 302 g/mol. The molecule has 116 valence electrons. The summed E-state index contributed by atoms with van der Waals surface area (Å²) in [6.07, 6.45) is 2.89. The summed E-state index contributed by atoms with van der Waals surface area (Å²) in [6, 6.07) is 25.1. The monoisotopic (exact) mass is 302 g/mol. The zero-order valence-corrected chi connectivity index (χ0v) is 13.4. The molecule has 1 heterocycles. The molecule has 3 rings (SSSR count). The van der Waals surface area contributed by atoms with Gasteiger partial charge in [-0.15, -0.1) is 0 Å². The number of pyridine rings is 1. The minimum absolute atomic E-state index is 0.314. The van der Waals surface area contributed by atoms with Gasteiger partial charge in [0.25, 0.3) is 0 Å². The Balaban J connectivity index is 1.78. The van der Waals surface area contributed by atoms with E-state index in [9.17, 15) is 0 Å². The van der Waals surface area contributed by atoms with Crippen LogP contribution in [-0.4, -0.2) is 11.5 Å². The van der Waals surface area contributed by atoms with E-state index < -0.39 is 0 Å². The summed E-state index contributed by atoms with van der Waals surface area (Å²) < 4.78 is 0. The molecule has 2 aromatic carbocycles. The lowest BCUT2D eigenvalue weighted by molar-refractivity contribution is 0.717. The maximum absolute atomic E-state index is 4.59. The molecule has 1 atom stereocenters. The number of aryl methyl sites for hydroxylation is 1. The fourth-order valence-electron chi connectivity index (χ4n) is 2.94. The van der Waals surface area contributed by atoms with E-state index >= 15 is 0 Å². The number of hydrogen-bond donors (Lipinski definition) is 1. The number of para-hydroxylation sites is 1. The molecule has 3 aromatic rings. The largest absolute Gasteiger partial charge is 0.385 e. The first-order valence-corrected chi connectivity index (χ1v) is 8.10. The van der Waals surface area contributed by atoms with Crippen LogP contribution in [-0.2, 0) is 0 Å². The van der Waals surface area contributed by atoms with Crippen molar-refractivity contribution in [1.82, 2.24) is 4.98 Å². The lowest BCUT2D eigenvalue weighted by Gasteiger charge is -2.19. The van der Waals surface area contributed by atoms with E-state index in [1.165, 1.54) is 11.1 Å². The quantitative estimate of drug-likeness (QED) is 0.691. The summed E-state index contributed by atoms with van der Waals surface area (Å²) in [4.78, 5) is 4.59. The Labute approximate surface area is 138 Å². The number of nitrogens with one attached hydrogen (secondary N) is 1. The van der Waals surface area contributed by atoms with Gasteiger partial charge in [0, 0.05) is 30.0 Å². The molecule has 0 aliphatic rings. The topological polar surface area (TPSA) is 24.9 Å². The molecule has 0 radical (unpaired) electrons. The lowest BCUT2D eigenvalue weighted by atomic mass is 9.89. The number of nitrogens with zero attached hydrogens (tertiary/aromatic N) is 1. The van der Waals surface area contributed by atoms with Gasteiger partial charge in [-0.05, 0) is 48.7 Å². The van der Waals surface area contributed by atoms with Crippen LogP contribution in [0.1, 0.15) is 29.2 Å². The third kappa shape index (κ3) is 3.98. The molecule has 2 heteroatoms. The molecule has 0 aliphatic heterocycles. The minimum atomic E-state index is 0.314. The minimum Gasteiger partial charge on any atom is -0.385 e. The van der Waals surface area contributed by atoms with Crippen LogP contribution in [0.3, 0.4) is 0 Å². The number of hydrogen-bond acceptors (Lipinski definition) is 2. The van der Waals surface area contributed by atoms with E-state index in [-0.39, 0.29) is 0 Å². The molecule has 2 nitrogen and oxygen atoms in total. The molecular formula is C21H22N2. The maximum atomic E-state index is 4.59. The third-order valence-electron chi connectivity index (χ3n) is 4.14. The number of aromatic nitrogens is 1. The van der Waals surface area contributed by atoms with Crippen molar-refractivity contribution in [3.8, 4) is 0 Å². The second-order valence-electron chi connectivity index (χ2n) is 5.75. The summed E-state index contributed by atoms with van der Waals surface area (Å²) >= 11 is 0. The summed E-state index contributed by atoms with van der Waals surface area (Å²) in [5.41, 5.74) is 4.98. The standard InChI is InChI=1S/C21H22N2/c1-17-9-5-6-12-19(17)20(21-13-7-8-15-23-21)14-16-22-18-10-3-2-4-11-18/h2-13,15,20,22H,14,16H2,1H3/t20-/m1/s1. The van der Waals surface area contributed by atoms with Crippen LogP contribution in [0.2, 0.25) is 0 Å². The number of rotatable bonds is 6. The van der Waals surface area contributed by atoms with Crippen LogP contribution >= 0.6 is 0 Å². The summed E-state index contributed by atoms with van der Waals surface area (Å²) in [7, 11) is 0. The first kappa shape index (κ1) is 15.3. The van der Waals surface area contributed by atoms with Crippen molar-refractivity contribution in [1.29, 1.82) is 0 Å². The summed E-state index contributed by atoms with van der Waals surface area (Å²) in [6.45, 7) is 3.09. The Morgan fingerprint density at radius 1 is 0.870 bits per heavy atom.